The lowest BCUT2D eigenvalue weighted by atomic mass is 9.68. The Hall–Kier alpha value is -2.90. The lowest BCUT2D eigenvalue weighted by Crippen LogP contribution is -2.50. The van der Waals surface area contributed by atoms with Gasteiger partial charge >= 0.3 is 0 Å². The number of aromatic nitrogens is 1. The van der Waals surface area contributed by atoms with Crippen LogP contribution in [0, 0.1) is 5.92 Å². The molecule has 2 heterocycles. The number of H-pyrrole nitrogens is 1. The number of hydrogen-bond donors (Lipinski definition) is 2. The Balaban J connectivity index is 1.67. The summed E-state index contributed by atoms with van der Waals surface area (Å²) < 4.78 is 27.3. The number of hydrogen-bond acceptors (Lipinski definition) is 4. The van der Waals surface area contributed by atoms with Gasteiger partial charge in [0.15, 0.2) is 15.2 Å². The van der Waals surface area contributed by atoms with Gasteiger partial charge in [-0.15, -0.1) is 0 Å². The Morgan fingerprint density at radius 1 is 1.12 bits per heavy atom. The van der Waals surface area contributed by atoms with Gasteiger partial charge in [-0.05, 0) is 59.7 Å². The molecule has 6 nitrogen and oxygen atoms in total. The molecule has 1 aliphatic rings. The summed E-state index contributed by atoms with van der Waals surface area (Å²) in [5.41, 5.74) is 7.52. The van der Waals surface area contributed by atoms with Gasteiger partial charge in [0.1, 0.15) is 0 Å². The van der Waals surface area contributed by atoms with Crippen LogP contribution in [0.4, 0.5) is 0 Å². The standard InChI is InChI=1S/C25H29N3O3S/c1-18-17-28(15-13-25(18,2)20-9-6-8-19(16-20)23(26)29)24(22-12-7-14-27-22)32(30,31)21-10-4-3-5-11-21/h3-12,14,16,18,24,27H,13,15,17H2,1-2H3,(H2,26,29). The molecule has 4 rings (SSSR count). The van der Waals surface area contributed by atoms with Gasteiger partial charge in [-0.1, -0.05) is 44.2 Å². The summed E-state index contributed by atoms with van der Waals surface area (Å²) >= 11 is 0. The molecular weight excluding hydrogens is 422 g/mol. The number of nitrogens with one attached hydrogen (secondary N) is 1. The highest BCUT2D eigenvalue weighted by molar-refractivity contribution is 7.91. The molecule has 0 aliphatic carbocycles. The third-order valence-electron chi connectivity index (χ3n) is 6.91. The molecule has 1 fully saturated rings. The minimum atomic E-state index is -3.63. The van der Waals surface area contributed by atoms with Gasteiger partial charge in [0.2, 0.25) is 5.91 Å². The van der Waals surface area contributed by atoms with Gasteiger partial charge in [-0.2, -0.15) is 0 Å². The van der Waals surface area contributed by atoms with Crippen molar-refractivity contribution in [2.45, 2.75) is 36.0 Å². The number of rotatable bonds is 6. The fourth-order valence-electron chi connectivity index (χ4n) is 4.73. The first kappa shape index (κ1) is 22.3. The number of nitrogens with zero attached hydrogens (tertiary/aromatic N) is 1. The molecule has 3 aromatic rings. The van der Waals surface area contributed by atoms with Crippen LogP contribution in [0.3, 0.4) is 0 Å². The van der Waals surface area contributed by atoms with E-state index < -0.39 is 21.1 Å². The normalized spacial score (nSPS) is 23.0. The summed E-state index contributed by atoms with van der Waals surface area (Å²) in [5.74, 6) is -0.288. The zero-order valence-electron chi connectivity index (χ0n) is 18.4. The van der Waals surface area contributed by atoms with E-state index >= 15 is 0 Å². The van der Waals surface area contributed by atoms with E-state index in [1.54, 1.807) is 36.5 Å². The lowest BCUT2D eigenvalue weighted by Gasteiger charge is -2.47. The highest BCUT2D eigenvalue weighted by Gasteiger charge is 2.44. The highest BCUT2D eigenvalue weighted by atomic mass is 32.2. The molecule has 0 radical (unpaired) electrons. The van der Waals surface area contributed by atoms with Crippen LogP contribution >= 0.6 is 0 Å². The van der Waals surface area contributed by atoms with E-state index in [0.717, 1.165) is 12.0 Å². The number of piperidine rings is 1. The predicted molar refractivity (Wildman–Crippen MR) is 125 cm³/mol. The van der Waals surface area contributed by atoms with Crippen LogP contribution in [0.1, 0.15) is 47.3 Å². The van der Waals surface area contributed by atoms with Crippen molar-refractivity contribution in [3.05, 3.63) is 89.7 Å². The minimum absolute atomic E-state index is 0.155. The van der Waals surface area contributed by atoms with Crippen LogP contribution in [0.15, 0.2) is 77.8 Å². The SMILES string of the molecule is CC1CN(C(c2ccc[nH]2)S(=O)(=O)c2ccccc2)CCC1(C)c1cccc(C(N)=O)c1. The fourth-order valence-corrected chi connectivity index (χ4v) is 6.59. The van der Waals surface area contributed by atoms with Crippen LogP contribution in [0.25, 0.3) is 0 Å². The second kappa shape index (κ2) is 8.56. The summed E-state index contributed by atoms with van der Waals surface area (Å²) in [6.07, 6.45) is 2.52. The summed E-state index contributed by atoms with van der Waals surface area (Å²) in [6, 6.07) is 19.8. The average molecular weight is 452 g/mol. The fraction of sp³-hybridized carbons (Fsp3) is 0.320. The molecule has 3 N–H and O–H groups in total. The smallest absolute Gasteiger partial charge is 0.248 e. The molecule has 3 atom stereocenters. The summed E-state index contributed by atoms with van der Waals surface area (Å²) in [7, 11) is -3.63. The zero-order valence-corrected chi connectivity index (χ0v) is 19.2. The van der Waals surface area contributed by atoms with E-state index in [0.29, 0.717) is 29.2 Å². The number of carbonyl (C=O) groups is 1. The Morgan fingerprint density at radius 2 is 1.88 bits per heavy atom. The van der Waals surface area contributed by atoms with Crippen LogP contribution in [0.2, 0.25) is 0 Å². The van der Waals surface area contributed by atoms with E-state index in [9.17, 15) is 13.2 Å². The molecule has 1 saturated heterocycles. The van der Waals surface area contributed by atoms with Crippen LogP contribution in [-0.4, -0.2) is 37.3 Å². The lowest BCUT2D eigenvalue weighted by molar-refractivity contribution is 0.0971. The van der Waals surface area contributed by atoms with Gasteiger partial charge in [-0.3, -0.25) is 9.69 Å². The van der Waals surface area contributed by atoms with Crippen molar-refractivity contribution in [3.63, 3.8) is 0 Å². The topological polar surface area (TPSA) is 96.3 Å². The van der Waals surface area contributed by atoms with Gasteiger partial charge in [-0.25, -0.2) is 8.42 Å². The molecule has 1 aromatic heterocycles. The molecule has 168 valence electrons. The maximum Gasteiger partial charge on any atom is 0.248 e. The third kappa shape index (κ3) is 3.98. The van der Waals surface area contributed by atoms with E-state index in [4.69, 9.17) is 5.73 Å². The number of primary amides is 1. The molecule has 2 aromatic carbocycles. The average Bonchev–Trinajstić information content (AvgIpc) is 3.31. The van der Waals surface area contributed by atoms with Gasteiger partial charge < -0.3 is 10.7 Å². The van der Waals surface area contributed by atoms with Gasteiger partial charge in [0.05, 0.1) is 4.90 Å². The Kier molecular flexibility index (Phi) is 5.97. The first-order valence-electron chi connectivity index (χ1n) is 10.8. The van der Waals surface area contributed by atoms with Crippen molar-refractivity contribution >= 4 is 15.7 Å². The van der Waals surface area contributed by atoms with Crippen molar-refractivity contribution in [1.82, 2.24) is 9.88 Å². The molecule has 32 heavy (non-hydrogen) atoms. The largest absolute Gasteiger partial charge is 0.366 e. The number of amides is 1. The Morgan fingerprint density at radius 3 is 2.50 bits per heavy atom. The van der Waals surface area contributed by atoms with Gasteiger partial charge in [0, 0.05) is 30.5 Å². The number of sulfone groups is 1. The monoisotopic (exact) mass is 451 g/mol. The summed E-state index contributed by atoms with van der Waals surface area (Å²) in [4.78, 5) is 17.2. The quantitative estimate of drug-likeness (QED) is 0.594. The van der Waals surface area contributed by atoms with Crippen molar-refractivity contribution < 1.29 is 13.2 Å². The van der Waals surface area contributed by atoms with E-state index in [2.05, 4.69) is 23.7 Å². The predicted octanol–water partition coefficient (Wildman–Crippen LogP) is 3.89. The number of nitrogens with two attached hydrogens (primary N) is 1. The molecule has 3 unspecified atom stereocenters. The number of likely N-dealkylation sites (tertiary alicyclic amines) is 1. The van der Waals surface area contributed by atoms with Crippen molar-refractivity contribution in [3.8, 4) is 0 Å². The van der Waals surface area contributed by atoms with Crippen LogP contribution in [0.5, 0.6) is 0 Å². The number of carbonyl (C=O) groups excluding carboxylic acids is 1. The van der Waals surface area contributed by atoms with E-state index in [-0.39, 0.29) is 11.3 Å². The molecule has 7 heteroatoms. The van der Waals surface area contributed by atoms with Crippen molar-refractivity contribution in [2.75, 3.05) is 13.1 Å². The molecular formula is C25H29N3O3S. The van der Waals surface area contributed by atoms with E-state index in [1.165, 1.54) is 0 Å². The van der Waals surface area contributed by atoms with E-state index in [1.807, 2.05) is 36.4 Å². The summed E-state index contributed by atoms with van der Waals surface area (Å²) in [6.45, 7) is 5.54. The maximum absolute atomic E-state index is 13.7. The van der Waals surface area contributed by atoms with Crippen molar-refractivity contribution in [2.24, 2.45) is 11.7 Å². The first-order chi connectivity index (χ1) is 15.2. The third-order valence-corrected chi connectivity index (χ3v) is 8.98. The molecule has 1 aliphatic heterocycles. The second-order valence-corrected chi connectivity index (χ2v) is 10.9. The molecule has 0 saturated carbocycles. The molecule has 0 spiro atoms. The Bertz CT molecular complexity index is 1190. The summed E-state index contributed by atoms with van der Waals surface area (Å²) in [5, 5.41) is -0.788. The van der Waals surface area contributed by atoms with Crippen LogP contribution < -0.4 is 5.73 Å². The minimum Gasteiger partial charge on any atom is -0.366 e. The highest BCUT2D eigenvalue weighted by Crippen LogP contribution is 2.43. The Labute approximate surface area is 189 Å². The first-order valence-corrected chi connectivity index (χ1v) is 12.3. The molecule has 1 amide bonds. The van der Waals surface area contributed by atoms with Crippen molar-refractivity contribution in [1.29, 1.82) is 0 Å². The maximum atomic E-state index is 13.7. The zero-order chi connectivity index (χ0) is 22.9. The molecule has 0 bridgehead atoms. The van der Waals surface area contributed by atoms with Gasteiger partial charge in [0.25, 0.3) is 0 Å². The number of benzene rings is 2. The van der Waals surface area contributed by atoms with Crippen LogP contribution in [-0.2, 0) is 15.3 Å². The number of aromatic amines is 1. The second-order valence-electron chi connectivity index (χ2n) is 8.84.